The van der Waals surface area contributed by atoms with E-state index in [0.29, 0.717) is 11.0 Å². The zero-order valence-corrected chi connectivity index (χ0v) is 9.59. The Hall–Kier alpha value is -2.03. The molecule has 0 spiro atoms. The minimum Gasteiger partial charge on any atom is -0.371 e. The lowest BCUT2D eigenvalue weighted by Gasteiger charge is -2.15. The molecule has 6 nitrogen and oxygen atoms in total. The number of β-amino-alcohol motifs (C(OH)–C–C–N with tert-alkyl or cyclic N) is 1. The molecule has 0 saturated carbocycles. The maximum Gasteiger partial charge on any atom is 0.436 e. The quantitative estimate of drug-likeness (QED) is 0.849. The Morgan fingerprint density at radius 3 is 2.84 bits per heavy atom. The van der Waals surface area contributed by atoms with E-state index in [0.717, 1.165) is 0 Å². The maximum absolute atomic E-state index is 12.4. The number of rotatable bonds is 3. The summed E-state index contributed by atoms with van der Waals surface area (Å²) in [5.74, 6) is -0.448. The van der Waals surface area contributed by atoms with Crippen molar-refractivity contribution in [3.8, 4) is 0 Å². The Bertz CT molecular complexity index is 500. The van der Waals surface area contributed by atoms with Crippen LogP contribution in [0.25, 0.3) is 0 Å². The number of amides is 2. The number of hydrogen-bond donors (Lipinski definition) is 1. The highest BCUT2D eigenvalue weighted by Gasteiger charge is 2.41. The average Bonchev–Trinajstić information content (AvgIpc) is 2.85. The molecule has 104 valence electrons. The zero-order chi connectivity index (χ0) is 14.2. The molecule has 1 unspecified atom stereocenters. The van der Waals surface area contributed by atoms with Gasteiger partial charge in [-0.15, -0.1) is 6.58 Å². The predicted octanol–water partition coefficient (Wildman–Crippen LogP) is 1.44. The maximum atomic E-state index is 12.4. The van der Waals surface area contributed by atoms with Crippen molar-refractivity contribution in [3.63, 3.8) is 0 Å². The first kappa shape index (κ1) is 13.4. The smallest absolute Gasteiger partial charge is 0.371 e. The van der Waals surface area contributed by atoms with Crippen LogP contribution in [0, 0.1) is 0 Å². The molecule has 1 aliphatic rings. The molecule has 9 heteroatoms. The van der Waals surface area contributed by atoms with Crippen LogP contribution in [-0.4, -0.2) is 40.5 Å². The zero-order valence-electron chi connectivity index (χ0n) is 9.59. The van der Waals surface area contributed by atoms with Crippen molar-refractivity contribution in [1.82, 2.24) is 10.1 Å². The van der Waals surface area contributed by atoms with Crippen molar-refractivity contribution in [2.45, 2.75) is 12.4 Å². The number of anilines is 1. The van der Waals surface area contributed by atoms with Gasteiger partial charge in [0, 0.05) is 12.6 Å². The minimum absolute atomic E-state index is 0.0487. The molecule has 1 saturated heterocycles. The third-order valence-corrected chi connectivity index (χ3v) is 2.53. The van der Waals surface area contributed by atoms with Gasteiger partial charge in [0.2, 0.25) is 5.88 Å². The van der Waals surface area contributed by atoms with Gasteiger partial charge in [-0.3, -0.25) is 0 Å². The molecule has 1 aromatic heterocycles. The lowest BCUT2D eigenvalue weighted by Crippen LogP contribution is -2.34. The number of carbonyl (C=O) groups is 1. The van der Waals surface area contributed by atoms with Gasteiger partial charge in [0.1, 0.15) is 0 Å². The van der Waals surface area contributed by atoms with Gasteiger partial charge in [-0.1, -0.05) is 11.2 Å². The van der Waals surface area contributed by atoms with Gasteiger partial charge in [-0.25, -0.2) is 9.69 Å². The molecule has 19 heavy (non-hydrogen) atoms. The van der Waals surface area contributed by atoms with Crippen LogP contribution in [0.2, 0.25) is 0 Å². The van der Waals surface area contributed by atoms with Gasteiger partial charge in [0.25, 0.3) is 0 Å². The lowest BCUT2D eigenvalue weighted by atomic mass is 10.4. The number of hydrogen-bond acceptors (Lipinski definition) is 4. The van der Waals surface area contributed by atoms with Crippen LogP contribution in [0.4, 0.5) is 23.8 Å². The second-order valence-electron chi connectivity index (χ2n) is 3.88. The fourth-order valence-electron chi connectivity index (χ4n) is 1.70. The fourth-order valence-corrected chi connectivity index (χ4v) is 1.70. The summed E-state index contributed by atoms with van der Waals surface area (Å²) in [6.45, 7) is 3.56. The first-order valence-electron chi connectivity index (χ1n) is 5.25. The Labute approximate surface area is 105 Å². The molecule has 2 rings (SSSR count). The normalized spacial score (nSPS) is 20.2. The van der Waals surface area contributed by atoms with Crippen LogP contribution in [0.15, 0.2) is 23.2 Å². The summed E-state index contributed by atoms with van der Waals surface area (Å²) in [6.07, 6.45) is -4.52. The van der Waals surface area contributed by atoms with Crippen molar-refractivity contribution in [1.29, 1.82) is 0 Å². The van der Waals surface area contributed by atoms with E-state index in [9.17, 15) is 23.1 Å². The predicted molar refractivity (Wildman–Crippen MR) is 57.2 cm³/mol. The molecule has 2 amide bonds. The van der Waals surface area contributed by atoms with Crippen molar-refractivity contribution < 1.29 is 27.6 Å². The van der Waals surface area contributed by atoms with E-state index in [1.807, 2.05) is 0 Å². The molecule has 0 radical (unpaired) electrons. The van der Waals surface area contributed by atoms with Gasteiger partial charge in [0.05, 0.1) is 6.54 Å². The fraction of sp³-hybridized carbons (Fsp3) is 0.400. The molecular weight excluding hydrogens is 267 g/mol. The second-order valence-corrected chi connectivity index (χ2v) is 3.88. The van der Waals surface area contributed by atoms with E-state index in [1.54, 1.807) is 0 Å². The average molecular weight is 277 g/mol. The summed E-state index contributed by atoms with van der Waals surface area (Å²) in [6, 6.07) is -0.101. The number of halogens is 3. The molecule has 1 fully saturated rings. The first-order valence-corrected chi connectivity index (χ1v) is 5.25. The van der Waals surface area contributed by atoms with Crippen LogP contribution >= 0.6 is 0 Å². The lowest BCUT2D eigenvalue weighted by molar-refractivity contribution is -0.142. The third kappa shape index (κ3) is 2.41. The topological polar surface area (TPSA) is 69.8 Å². The van der Waals surface area contributed by atoms with E-state index in [1.165, 1.54) is 11.0 Å². The van der Waals surface area contributed by atoms with Crippen molar-refractivity contribution in [2.75, 3.05) is 18.0 Å². The SMILES string of the molecule is C=CCN1CC(O)N(c2cc(C(F)(F)F)no2)C1=O. The van der Waals surface area contributed by atoms with Gasteiger partial charge in [0.15, 0.2) is 11.9 Å². The van der Waals surface area contributed by atoms with Gasteiger partial charge >= 0.3 is 12.2 Å². The molecule has 1 atom stereocenters. The summed E-state index contributed by atoms with van der Waals surface area (Å²) < 4.78 is 41.6. The number of carbonyl (C=O) groups excluding carboxylic acids is 1. The number of alkyl halides is 3. The summed E-state index contributed by atoms with van der Waals surface area (Å²) in [4.78, 5) is 13.8. The van der Waals surface area contributed by atoms with Gasteiger partial charge in [-0.2, -0.15) is 13.2 Å². The van der Waals surface area contributed by atoms with Crippen molar-refractivity contribution in [2.24, 2.45) is 0 Å². The Morgan fingerprint density at radius 2 is 2.32 bits per heavy atom. The molecule has 0 aliphatic carbocycles. The van der Waals surface area contributed by atoms with E-state index in [2.05, 4.69) is 16.3 Å². The highest BCUT2D eigenvalue weighted by atomic mass is 19.4. The Balaban J connectivity index is 2.24. The van der Waals surface area contributed by atoms with E-state index >= 15 is 0 Å². The van der Waals surface area contributed by atoms with Crippen LogP contribution in [0.1, 0.15) is 5.69 Å². The summed E-state index contributed by atoms with van der Waals surface area (Å²) >= 11 is 0. The number of aliphatic hydroxyl groups excluding tert-OH is 1. The first-order chi connectivity index (χ1) is 8.84. The second kappa shape index (κ2) is 4.57. The van der Waals surface area contributed by atoms with Crippen molar-refractivity contribution in [3.05, 3.63) is 24.4 Å². The molecule has 1 aromatic rings. The largest absolute Gasteiger partial charge is 0.436 e. The molecule has 0 aromatic carbocycles. The van der Waals surface area contributed by atoms with Gasteiger partial charge in [-0.05, 0) is 0 Å². The molecule has 2 heterocycles. The van der Waals surface area contributed by atoms with Crippen LogP contribution in [0.3, 0.4) is 0 Å². The van der Waals surface area contributed by atoms with Crippen LogP contribution in [0.5, 0.6) is 0 Å². The molecular formula is C10H10F3N3O3. The summed E-state index contributed by atoms with van der Waals surface area (Å²) in [5.41, 5.74) is -1.26. The monoisotopic (exact) mass is 277 g/mol. The van der Waals surface area contributed by atoms with E-state index < -0.39 is 30.0 Å². The van der Waals surface area contributed by atoms with Gasteiger partial charge < -0.3 is 14.5 Å². The summed E-state index contributed by atoms with van der Waals surface area (Å²) in [5, 5.41) is 12.5. The number of nitrogens with zero attached hydrogens (tertiary/aromatic N) is 3. The minimum atomic E-state index is -4.67. The van der Waals surface area contributed by atoms with E-state index in [4.69, 9.17) is 0 Å². The number of urea groups is 1. The van der Waals surface area contributed by atoms with Crippen LogP contribution in [-0.2, 0) is 6.18 Å². The molecule has 1 N–H and O–H groups in total. The highest BCUT2D eigenvalue weighted by molar-refractivity contribution is 5.93. The number of aromatic nitrogens is 1. The summed E-state index contributed by atoms with van der Waals surface area (Å²) in [7, 11) is 0. The highest BCUT2D eigenvalue weighted by Crippen LogP contribution is 2.32. The Kier molecular flexibility index (Phi) is 3.23. The molecule has 0 bridgehead atoms. The third-order valence-electron chi connectivity index (χ3n) is 2.53. The standard InChI is InChI=1S/C10H10F3N3O3/c1-2-3-15-5-7(17)16(9(15)18)8-4-6(14-19-8)10(11,12)13/h2,4,7,17H,1,3,5H2. The molecule has 1 aliphatic heterocycles. The Morgan fingerprint density at radius 1 is 1.63 bits per heavy atom. The van der Waals surface area contributed by atoms with E-state index in [-0.39, 0.29) is 13.1 Å². The van der Waals surface area contributed by atoms with Crippen LogP contribution < -0.4 is 4.90 Å². The van der Waals surface area contributed by atoms with Crippen molar-refractivity contribution >= 4 is 11.9 Å². The number of aliphatic hydroxyl groups is 1.